The standard InChI is InChI=1S/C44H48N8O6/c1-25(2)37(50-43(56)58-5)40(54)52-21-6-8-35(52)39-46-33-18-15-30-22-28(13-16-31(30)38(33)49-39)26-9-11-27(12-10-26)29-14-17-32-34(23-29)48-41(47-32)44(19-7-20-44)51(3)36(53)24-45-42(55)57-4/h9-18,22-23,25,35,37H,6-8,19-21,24H2,1-5H3,(H,45,55)(H,46,49)(H,47,48)(H,50,56)/t35-,37?/m0/s1. The van der Waals surface area contributed by atoms with Gasteiger partial charge in [-0.25, -0.2) is 19.6 Å². The number of methoxy groups -OCH3 is 2. The van der Waals surface area contributed by atoms with Crippen molar-refractivity contribution in [2.45, 2.75) is 63.6 Å². The first-order chi connectivity index (χ1) is 28.0. The van der Waals surface area contributed by atoms with E-state index in [1.807, 2.05) is 30.9 Å². The number of nitrogens with zero attached hydrogens (tertiary/aromatic N) is 4. The van der Waals surface area contributed by atoms with E-state index >= 15 is 0 Å². The number of aromatic amines is 2. The number of carbonyl (C=O) groups is 4. The molecule has 1 saturated carbocycles. The zero-order chi connectivity index (χ0) is 40.7. The Morgan fingerprint density at radius 3 is 2.21 bits per heavy atom. The molecular formula is C44H48N8O6. The normalized spacial score (nSPS) is 16.7. The molecule has 1 aliphatic heterocycles. The maximum Gasteiger partial charge on any atom is 0.407 e. The second-order valence-electron chi connectivity index (χ2n) is 15.6. The van der Waals surface area contributed by atoms with Gasteiger partial charge >= 0.3 is 12.2 Å². The summed E-state index contributed by atoms with van der Waals surface area (Å²) in [6.07, 6.45) is 2.90. The molecule has 1 unspecified atom stereocenters. The van der Waals surface area contributed by atoms with Gasteiger partial charge in [-0.1, -0.05) is 62.4 Å². The maximum atomic E-state index is 13.7. The van der Waals surface area contributed by atoms with Crippen LogP contribution in [-0.2, 0) is 24.6 Å². The highest BCUT2D eigenvalue weighted by molar-refractivity contribution is 6.05. The monoisotopic (exact) mass is 784 g/mol. The van der Waals surface area contributed by atoms with Gasteiger partial charge in [0.15, 0.2) is 0 Å². The van der Waals surface area contributed by atoms with Crippen LogP contribution in [0.3, 0.4) is 0 Å². The van der Waals surface area contributed by atoms with Crippen LogP contribution in [0.15, 0.2) is 72.8 Å². The maximum absolute atomic E-state index is 13.7. The first kappa shape index (κ1) is 38.4. The van der Waals surface area contributed by atoms with E-state index in [0.29, 0.717) is 6.54 Å². The van der Waals surface area contributed by atoms with Gasteiger partial charge in [0.25, 0.3) is 0 Å². The van der Waals surface area contributed by atoms with Crippen molar-refractivity contribution in [1.82, 2.24) is 40.4 Å². The number of nitrogens with one attached hydrogen (secondary N) is 4. The number of fused-ring (bicyclic) bond motifs is 4. The number of benzene rings is 4. The van der Waals surface area contributed by atoms with Gasteiger partial charge in [-0.3, -0.25) is 9.59 Å². The Bertz CT molecular complexity index is 2540. The van der Waals surface area contributed by atoms with Gasteiger partial charge in [0.05, 0.1) is 42.3 Å². The summed E-state index contributed by atoms with van der Waals surface area (Å²) in [6, 6.07) is 24.3. The molecule has 0 bridgehead atoms. The van der Waals surface area contributed by atoms with Crippen molar-refractivity contribution in [1.29, 1.82) is 0 Å². The third-order valence-corrected chi connectivity index (χ3v) is 12.0. The smallest absolute Gasteiger partial charge is 0.407 e. The molecule has 1 aliphatic carbocycles. The molecule has 2 aromatic heterocycles. The number of hydrogen-bond acceptors (Lipinski definition) is 8. The molecule has 1 saturated heterocycles. The third-order valence-electron chi connectivity index (χ3n) is 12.0. The van der Waals surface area contributed by atoms with Crippen molar-refractivity contribution in [2.75, 3.05) is 34.4 Å². The first-order valence-electron chi connectivity index (χ1n) is 19.8. The third kappa shape index (κ3) is 6.96. The number of likely N-dealkylation sites (N-methyl/N-ethyl adjacent to an activating group) is 1. The lowest BCUT2D eigenvalue weighted by Gasteiger charge is -2.47. The molecule has 14 heteroatoms. The van der Waals surface area contributed by atoms with E-state index in [1.54, 1.807) is 11.9 Å². The zero-order valence-corrected chi connectivity index (χ0v) is 33.3. The summed E-state index contributed by atoms with van der Waals surface area (Å²) < 4.78 is 9.40. The van der Waals surface area contributed by atoms with E-state index in [0.717, 1.165) is 98.8 Å². The molecule has 0 radical (unpaired) electrons. The van der Waals surface area contributed by atoms with Crippen LogP contribution in [0.25, 0.3) is 55.1 Å². The fourth-order valence-corrected chi connectivity index (χ4v) is 8.44. The Morgan fingerprint density at radius 1 is 0.845 bits per heavy atom. The van der Waals surface area contributed by atoms with Crippen molar-refractivity contribution < 1.29 is 28.7 Å². The van der Waals surface area contributed by atoms with E-state index < -0.39 is 23.8 Å². The molecule has 2 atom stereocenters. The summed E-state index contributed by atoms with van der Waals surface area (Å²) in [5.41, 5.74) is 7.20. The zero-order valence-electron chi connectivity index (χ0n) is 33.3. The number of alkyl carbamates (subject to hydrolysis) is 2. The topological polar surface area (TPSA) is 175 Å². The minimum atomic E-state index is -0.693. The summed E-state index contributed by atoms with van der Waals surface area (Å²) in [6.45, 7) is 4.26. The fraction of sp³-hybridized carbons (Fsp3) is 0.364. The van der Waals surface area contributed by atoms with Crippen LogP contribution >= 0.6 is 0 Å². The van der Waals surface area contributed by atoms with Crippen molar-refractivity contribution in [3.63, 3.8) is 0 Å². The average molecular weight is 785 g/mol. The Labute approximate surface area is 335 Å². The molecule has 14 nitrogen and oxygen atoms in total. The number of H-pyrrole nitrogens is 2. The Kier molecular flexibility index (Phi) is 10.3. The van der Waals surface area contributed by atoms with Crippen LogP contribution in [0.1, 0.15) is 63.6 Å². The molecule has 6 aromatic rings. The van der Waals surface area contributed by atoms with Gasteiger partial charge in [-0.05, 0) is 89.9 Å². The largest absolute Gasteiger partial charge is 0.453 e. The molecular weight excluding hydrogens is 737 g/mol. The van der Waals surface area contributed by atoms with Crippen LogP contribution in [0.4, 0.5) is 9.59 Å². The summed E-state index contributed by atoms with van der Waals surface area (Å²) in [4.78, 5) is 70.7. The number of likely N-dealkylation sites (tertiary alicyclic amines) is 1. The quantitative estimate of drug-likeness (QED) is 0.113. The highest BCUT2D eigenvalue weighted by atomic mass is 16.5. The van der Waals surface area contributed by atoms with Crippen LogP contribution < -0.4 is 10.6 Å². The highest BCUT2D eigenvalue weighted by Gasteiger charge is 2.47. The van der Waals surface area contributed by atoms with Gasteiger partial charge in [0, 0.05) is 19.0 Å². The summed E-state index contributed by atoms with van der Waals surface area (Å²) in [5.74, 6) is 1.03. The van der Waals surface area contributed by atoms with E-state index in [2.05, 4.69) is 86.0 Å². The second kappa shape index (κ2) is 15.5. The summed E-state index contributed by atoms with van der Waals surface area (Å²) in [7, 11) is 4.32. The Hall–Kier alpha value is -6.44. The minimum absolute atomic E-state index is 0.109. The van der Waals surface area contributed by atoms with E-state index in [-0.39, 0.29) is 30.3 Å². The van der Waals surface area contributed by atoms with Gasteiger partial charge in [-0.2, -0.15) is 0 Å². The molecule has 0 spiro atoms. The number of carbonyl (C=O) groups excluding carboxylic acids is 4. The molecule has 4 aromatic carbocycles. The predicted molar refractivity (Wildman–Crippen MR) is 221 cm³/mol. The van der Waals surface area contributed by atoms with Gasteiger partial charge < -0.3 is 39.9 Å². The van der Waals surface area contributed by atoms with E-state index in [4.69, 9.17) is 14.7 Å². The van der Waals surface area contributed by atoms with Crippen molar-refractivity contribution >= 4 is 56.8 Å². The number of aromatic nitrogens is 4. The van der Waals surface area contributed by atoms with Crippen molar-refractivity contribution in [3.8, 4) is 22.3 Å². The summed E-state index contributed by atoms with van der Waals surface area (Å²) in [5, 5.41) is 7.28. The lowest BCUT2D eigenvalue weighted by molar-refractivity contribution is -0.139. The highest BCUT2D eigenvalue weighted by Crippen LogP contribution is 2.45. The van der Waals surface area contributed by atoms with Gasteiger partial charge in [0.2, 0.25) is 11.8 Å². The molecule has 3 heterocycles. The molecule has 300 valence electrons. The number of hydrogen-bond donors (Lipinski definition) is 4. The number of amides is 4. The van der Waals surface area contributed by atoms with Crippen LogP contribution in [0.5, 0.6) is 0 Å². The Balaban J connectivity index is 0.998. The number of ether oxygens (including phenoxy) is 2. The predicted octanol–water partition coefficient (Wildman–Crippen LogP) is 7.16. The SMILES string of the molecule is COC(=O)NCC(=O)N(C)C1(c2nc3ccc(-c4ccc(-c5ccc6c(ccc7[nH]c([C@@H]8CCCN8C(=O)C(NC(=O)OC)C(C)C)nc76)c5)cc4)cc3[nH]2)CCC1. The average Bonchev–Trinajstić information content (AvgIpc) is 3.99. The van der Waals surface area contributed by atoms with Crippen LogP contribution in [-0.4, -0.2) is 94.1 Å². The van der Waals surface area contributed by atoms with Gasteiger partial charge in [-0.15, -0.1) is 0 Å². The van der Waals surface area contributed by atoms with Crippen LogP contribution in [0, 0.1) is 5.92 Å². The van der Waals surface area contributed by atoms with Crippen molar-refractivity contribution in [2.24, 2.45) is 5.92 Å². The minimum Gasteiger partial charge on any atom is -0.453 e. The molecule has 2 aliphatic rings. The van der Waals surface area contributed by atoms with Crippen molar-refractivity contribution in [3.05, 3.63) is 84.4 Å². The lowest BCUT2D eigenvalue weighted by atomic mass is 9.74. The first-order valence-corrected chi connectivity index (χ1v) is 19.8. The molecule has 2 fully saturated rings. The lowest BCUT2D eigenvalue weighted by Crippen LogP contribution is -2.54. The second-order valence-corrected chi connectivity index (χ2v) is 15.6. The van der Waals surface area contributed by atoms with Crippen LogP contribution in [0.2, 0.25) is 0 Å². The van der Waals surface area contributed by atoms with Gasteiger partial charge in [0.1, 0.15) is 29.8 Å². The fourth-order valence-electron chi connectivity index (χ4n) is 8.44. The molecule has 58 heavy (non-hydrogen) atoms. The van der Waals surface area contributed by atoms with E-state index in [9.17, 15) is 19.2 Å². The summed E-state index contributed by atoms with van der Waals surface area (Å²) >= 11 is 0. The molecule has 8 rings (SSSR count). The molecule has 4 amide bonds. The Morgan fingerprint density at radius 2 is 1.53 bits per heavy atom. The van der Waals surface area contributed by atoms with E-state index in [1.165, 1.54) is 14.2 Å². The molecule has 4 N–H and O–H groups in total. The number of imidazole rings is 2. The number of rotatable bonds is 10.